The van der Waals surface area contributed by atoms with Crippen LogP contribution >= 0.6 is 0 Å². The zero-order valence-corrected chi connectivity index (χ0v) is 14.2. The molecule has 130 valence electrons. The molecular weight excluding hydrogens is 346 g/mol. The molecule has 0 amide bonds. The van der Waals surface area contributed by atoms with Crippen LogP contribution in [-0.2, 0) is 24.1 Å². The number of anilines is 1. The van der Waals surface area contributed by atoms with Gasteiger partial charge in [-0.2, -0.15) is 0 Å². The summed E-state index contributed by atoms with van der Waals surface area (Å²) in [6.07, 6.45) is 0. The first-order chi connectivity index (χ1) is 11.7. The third-order valence-corrected chi connectivity index (χ3v) is 5.28. The number of benzene rings is 2. The van der Waals surface area contributed by atoms with Gasteiger partial charge in [0.15, 0.2) is 0 Å². The van der Waals surface area contributed by atoms with Crippen molar-refractivity contribution in [3.8, 4) is 0 Å². The van der Waals surface area contributed by atoms with Crippen molar-refractivity contribution in [2.75, 3.05) is 4.72 Å². The van der Waals surface area contributed by atoms with E-state index < -0.39 is 16.0 Å². The van der Waals surface area contributed by atoms with E-state index in [1.54, 1.807) is 20.2 Å². The average molecular weight is 360 g/mol. The minimum atomic E-state index is -3.96. The van der Waals surface area contributed by atoms with Crippen LogP contribution in [-0.4, -0.2) is 23.5 Å². The second kappa shape index (κ2) is 5.78. The van der Waals surface area contributed by atoms with Gasteiger partial charge in [0.05, 0.1) is 21.9 Å². The molecule has 0 unspecified atom stereocenters. The molecule has 0 spiro atoms. The summed E-state index contributed by atoms with van der Waals surface area (Å²) >= 11 is 0. The summed E-state index contributed by atoms with van der Waals surface area (Å²) in [5, 5.41) is 10.9. The Morgan fingerprint density at radius 1 is 1.04 bits per heavy atom. The van der Waals surface area contributed by atoms with Gasteiger partial charge in [-0.25, -0.2) is 13.2 Å². The Morgan fingerprint density at radius 2 is 1.72 bits per heavy atom. The first kappa shape index (κ1) is 16.8. The van der Waals surface area contributed by atoms with Gasteiger partial charge in [0.2, 0.25) is 0 Å². The van der Waals surface area contributed by atoms with E-state index in [0.717, 1.165) is 0 Å². The number of hydrogen-bond donors (Lipinski definition) is 1. The molecule has 3 rings (SSSR count). The van der Waals surface area contributed by atoms with Gasteiger partial charge in [0.1, 0.15) is 0 Å². The first-order valence-corrected chi connectivity index (χ1v) is 8.69. The van der Waals surface area contributed by atoms with Gasteiger partial charge in [-0.15, -0.1) is 0 Å². The average Bonchev–Trinajstić information content (AvgIpc) is 2.79. The number of carbonyl (C=O) groups excluding carboxylic acids is 1. The number of aromatic carboxylic acids is 1. The van der Waals surface area contributed by atoms with Gasteiger partial charge in [-0.05, 0) is 35.9 Å². The monoisotopic (exact) mass is 360 g/mol. The van der Waals surface area contributed by atoms with Crippen LogP contribution < -0.4 is 15.5 Å². The highest BCUT2D eigenvalue weighted by molar-refractivity contribution is 7.92. The normalized spacial score (nSPS) is 11.6. The molecule has 0 radical (unpaired) electrons. The van der Waals surface area contributed by atoms with Crippen LogP contribution in [0.2, 0.25) is 0 Å². The molecule has 3 aromatic rings. The molecule has 0 aliphatic rings. The maximum atomic E-state index is 12.6. The van der Waals surface area contributed by atoms with Crippen molar-refractivity contribution < 1.29 is 18.3 Å². The number of carboxylic acid groups (broad SMARTS) is 1. The molecule has 0 atom stereocenters. The third kappa shape index (κ3) is 2.89. The highest BCUT2D eigenvalue weighted by Gasteiger charge is 2.17. The molecule has 0 saturated carbocycles. The highest BCUT2D eigenvalue weighted by Crippen LogP contribution is 2.21. The van der Waals surface area contributed by atoms with Crippen molar-refractivity contribution in [2.24, 2.45) is 14.1 Å². The van der Waals surface area contributed by atoms with Crippen molar-refractivity contribution in [1.29, 1.82) is 0 Å². The van der Waals surface area contributed by atoms with Gasteiger partial charge >= 0.3 is 5.69 Å². The molecule has 0 fully saturated rings. The lowest BCUT2D eigenvalue weighted by Crippen LogP contribution is -2.22. The number of rotatable bonds is 4. The van der Waals surface area contributed by atoms with E-state index in [2.05, 4.69) is 4.72 Å². The lowest BCUT2D eigenvalue weighted by atomic mass is 10.2. The molecule has 1 heterocycles. The number of nitrogens with zero attached hydrogens (tertiary/aromatic N) is 2. The molecule has 0 aliphatic heterocycles. The fourth-order valence-electron chi connectivity index (χ4n) is 2.58. The Hall–Kier alpha value is -3.07. The van der Waals surface area contributed by atoms with Gasteiger partial charge in [0.25, 0.3) is 10.0 Å². The maximum absolute atomic E-state index is 12.6. The van der Waals surface area contributed by atoms with Gasteiger partial charge in [-0.1, -0.05) is 12.1 Å². The minimum absolute atomic E-state index is 0.0416. The van der Waals surface area contributed by atoms with Gasteiger partial charge < -0.3 is 9.90 Å². The molecule has 0 saturated heterocycles. The Balaban J connectivity index is 2.04. The summed E-state index contributed by atoms with van der Waals surface area (Å²) in [6.45, 7) is 0. The number of imidazole rings is 1. The van der Waals surface area contributed by atoms with Crippen molar-refractivity contribution >= 4 is 32.7 Å². The third-order valence-electron chi connectivity index (χ3n) is 3.90. The summed E-state index contributed by atoms with van der Waals surface area (Å²) in [5.41, 5.74) is 0.772. The van der Waals surface area contributed by atoms with Crippen LogP contribution in [0.25, 0.3) is 11.0 Å². The quantitative estimate of drug-likeness (QED) is 0.706. The van der Waals surface area contributed by atoms with Crippen LogP contribution in [0.15, 0.2) is 52.2 Å². The van der Waals surface area contributed by atoms with Crippen LogP contribution in [0, 0.1) is 0 Å². The number of aromatic nitrogens is 2. The minimum Gasteiger partial charge on any atom is -0.545 e. The van der Waals surface area contributed by atoms with E-state index in [0.29, 0.717) is 11.0 Å². The molecule has 1 N–H and O–H groups in total. The zero-order chi connectivity index (χ0) is 18.4. The number of aryl methyl sites for hydroxylation is 2. The zero-order valence-electron chi connectivity index (χ0n) is 13.4. The van der Waals surface area contributed by atoms with E-state index in [1.807, 2.05) is 0 Å². The Bertz CT molecular complexity index is 1160. The number of fused-ring (bicyclic) bond motifs is 1. The molecule has 1 aromatic heterocycles. The predicted molar refractivity (Wildman–Crippen MR) is 89.7 cm³/mol. The lowest BCUT2D eigenvalue weighted by Gasteiger charge is -2.10. The molecular formula is C16H14N3O5S-. The number of nitrogens with one attached hydrogen (secondary N) is 1. The van der Waals surface area contributed by atoms with Crippen LogP contribution in [0.1, 0.15) is 10.4 Å². The summed E-state index contributed by atoms with van der Waals surface area (Å²) < 4.78 is 30.2. The fourth-order valence-corrected chi connectivity index (χ4v) is 3.65. The summed E-state index contributed by atoms with van der Waals surface area (Å²) in [5.74, 6) is -1.40. The van der Waals surface area contributed by atoms with Crippen molar-refractivity contribution in [3.63, 3.8) is 0 Å². The SMILES string of the molecule is Cn1c(=O)n(C)c2cc(S(=O)(=O)Nc3cccc(C(=O)[O-])c3)ccc21. The topological polar surface area (TPSA) is 113 Å². The number of sulfonamides is 1. The summed E-state index contributed by atoms with van der Waals surface area (Å²) in [4.78, 5) is 22.8. The van der Waals surface area contributed by atoms with Crippen LogP contribution in [0.3, 0.4) is 0 Å². The molecule has 9 heteroatoms. The van der Waals surface area contributed by atoms with E-state index in [1.165, 1.54) is 45.5 Å². The van der Waals surface area contributed by atoms with Crippen molar-refractivity contribution in [2.45, 2.75) is 4.90 Å². The second-order valence-electron chi connectivity index (χ2n) is 5.52. The number of hydrogen-bond acceptors (Lipinski definition) is 5. The Labute approximate surface area is 143 Å². The second-order valence-corrected chi connectivity index (χ2v) is 7.21. The molecule has 25 heavy (non-hydrogen) atoms. The Morgan fingerprint density at radius 3 is 2.40 bits per heavy atom. The molecule has 0 aliphatic carbocycles. The van der Waals surface area contributed by atoms with E-state index in [4.69, 9.17) is 0 Å². The lowest BCUT2D eigenvalue weighted by molar-refractivity contribution is -0.255. The van der Waals surface area contributed by atoms with Gasteiger partial charge in [-0.3, -0.25) is 13.9 Å². The molecule has 2 aromatic carbocycles. The highest BCUT2D eigenvalue weighted by atomic mass is 32.2. The van der Waals surface area contributed by atoms with E-state index >= 15 is 0 Å². The summed E-state index contributed by atoms with van der Waals surface area (Å²) in [7, 11) is -0.802. The van der Waals surface area contributed by atoms with E-state index in [-0.39, 0.29) is 21.8 Å². The van der Waals surface area contributed by atoms with Crippen molar-refractivity contribution in [3.05, 3.63) is 58.5 Å². The van der Waals surface area contributed by atoms with Gasteiger partial charge in [0, 0.05) is 19.8 Å². The van der Waals surface area contributed by atoms with Crippen molar-refractivity contribution in [1.82, 2.24) is 9.13 Å². The largest absolute Gasteiger partial charge is 0.545 e. The molecule has 8 nitrogen and oxygen atoms in total. The predicted octanol–water partition coefficient (Wildman–Crippen LogP) is 0.0413. The smallest absolute Gasteiger partial charge is 0.328 e. The number of carbonyl (C=O) groups is 1. The molecule has 0 bridgehead atoms. The van der Waals surface area contributed by atoms with Crippen LogP contribution in [0.4, 0.5) is 5.69 Å². The summed E-state index contributed by atoms with van der Waals surface area (Å²) in [6, 6.07) is 9.63. The number of carboxylic acids is 1. The maximum Gasteiger partial charge on any atom is 0.328 e. The van der Waals surface area contributed by atoms with Crippen LogP contribution in [0.5, 0.6) is 0 Å². The first-order valence-electron chi connectivity index (χ1n) is 7.20. The standard InChI is InChI=1S/C16H15N3O5S/c1-18-13-7-6-12(9-14(13)19(2)16(18)22)25(23,24)17-11-5-3-4-10(8-11)15(20)21/h3-9,17H,1-2H3,(H,20,21)/p-1. The van der Waals surface area contributed by atoms with E-state index in [9.17, 15) is 23.1 Å². The Kier molecular flexibility index (Phi) is 3.88. The fraction of sp³-hybridized carbons (Fsp3) is 0.125.